The van der Waals surface area contributed by atoms with Crippen LogP contribution in [-0.2, 0) is 10.5 Å². The molecule has 1 amide bonds. The van der Waals surface area contributed by atoms with E-state index < -0.39 is 0 Å². The number of anilines is 1. The van der Waals surface area contributed by atoms with Gasteiger partial charge >= 0.3 is 0 Å². The largest absolute Gasteiger partial charge is 0.310 e. The van der Waals surface area contributed by atoms with Crippen molar-refractivity contribution in [2.45, 2.75) is 37.1 Å². The van der Waals surface area contributed by atoms with E-state index in [-0.39, 0.29) is 23.8 Å². The summed E-state index contributed by atoms with van der Waals surface area (Å²) in [6.45, 7) is 4.04. The monoisotopic (exact) mass is 391 g/mol. The van der Waals surface area contributed by atoms with Crippen LogP contribution in [0.5, 0.6) is 0 Å². The first-order valence-corrected chi connectivity index (χ1v) is 10.2. The molecule has 0 saturated heterocycles. The molecule has 2 N–H and O–H groups in total. The number of hydrogen-bond acceptors (Lipinski definition) is 4. The van der Waals surface area contributed by atoms with Gasteiger partial charge in [0.1, 0.15) is 5.82 Å². The molecule has 2 heterocycles. The Bertz CT molecular complexity index is 1090. The van der Waals surface area contributed by atoms with Gasteiger partial charge in [0.05, 0.1) is 5.56 Å². The second-order valence-corrected chi connectivity index (χ2v) is 8.04. The lowest BCUT2D eigenvalue weighted by atomic mass is 9.84. The molecule has 28 heavy (non-hydrogen) atoms. The number of nitrogens with zero attached hydrogens (tertiary/aromatic N) is 1. The molecule has 4 rings (SSSR count). The minimum Gasteiger partial charge on any atom is -0.310 e. The maximum atomic E-state index is 12.9. The lowest BCUT2D eigenvalue weighted by Gasteiger charge is -2.25. The minimum absolute atomic E-state index is 0.116. The first-order valence-electron chi connectivity index (χ1n) is 9.19. The number of benzene rings is 2. The number of H-pyrrole nitrogens is 1. The fourth-order valence-electron chi connectivity index (χ4n) is 3.63. The molecule has 3 aromatic rings. The Morgan fingerprint density at radius 3 is 2.64 bits per heavy atom. The highest BCUT2D eigenvalue weighted by molar-refractivity contribution is 7.98. The van der Waals surface area contributed by atoms with E-state index in [9.17, 15) is 9.59 Å². The molecule has 6 heteroatoms. The van der Waals surface area contributed by atoms with Gasteiger partial charge in [0, 0.05) is 18.1 Å². The third kappa shape index (κ3) is 3.73. The number of amides is 1. The lowest BCUT2D eigenvalue weighted by molar-refractivity contribution is -0.116. The van der Waals surface area contributed by atoms with Gasteiger partial charge in [-0.1, -0.05) is 65.9 Å². The third-order valence-corrected chi connectivity index (χ3v) is 5.89. The van der Waals surface area contributed by atoms with Crippen molar-refractivity contribution in [3.8, 4) is 0 Å². The normalized spacial score (nSPS) is 15.8. The molecule has 1 unspecified atom stereocenters. The Morgan fingerprint density at radius 2 is 1.89 bits per heavy atom. The Balaban J connectivity index is 1.69. The van der Waals surface area contributed by atoms with Crippen molar-refractivity contribution in [3.05, 3.63) is 86.7 Å². The van der Waals surface area contributed by atoms with E-state index in [0.717, 1.165) is 22.3 Å². The molecule has 1 atom stereocenters. The maximum Gasteiger partial charge on any atom is 0.257 e. The van der Waals surface area contributed by atoms with Gasteiger partial charge in [0.15, 0.2) is 5.16 Å². The zero-order valence-corrected chi connectivity index (χ0v) is 16.6. The first kappa shape index (κ1) is 18.5. The molecule has 1 aromatic heterocycles. The van der Waals surface area contributed by atoms with E-state index in [0.29, 0.717) is 22.3 Å². The minimum atomic E-state index is -0.284. The number of fused-ring (bicyclic) bond motifs is 1. The number of aryl methyl sites for hydroxylation is 2. The van der Waals surface area contributed by atoms with Crippen LogP contribution in [0, 0.1) is 13.8 Å². The van der Waals surface area contributed by atoms with Crippen LogP contribution in [0.15, 0.2) is 58.5 Å². The average molecular weight is 391 g/mol. The molecular weight excluding hydrogens is 370 g/mol. The maximum absolute atomic E-state index is 12.9. The summed E-state index contributed by atoms with van der Waals surface area (Å²) in [5, 5.41) is 3.29. The summed E-state index contributed by atoms with van der Waals surface area (Å²) in [7, 11) is 0. The Morgan fingerprint density at radius 1 is 1.11 bits per heavy atom. The molecule has 0 saturated carbocycles. The highest BCUT2D eigenvalue weighted by atomic mass is 32.2. The number of rotatable bonds is 4. The van der Waals surface area contributed by atoms with Gasteiger partial charge in [-0.05, 0) is 30.5 Å². The summed E-state index contributed by atoms with van der Waals surface area (Å²) in [4.78, 5) is 32.7. The van der Waals surface area contributed by atoms with E-state index in [2.05, 4.69) is 21.4 Å². The molecule has 142 valence electrons. The second kappa shape index (κ2) is 7.64. The number of aromatic amines is 1. The van der Waals surface area contributed by atoms with Gasteiger partial charge in [0.25, 0.3) is 5.56 Å². The van der Waals surface area contributed by atoms with E-state index in [1.165, 1.54) is 11.8 Å². The van der Waals surface area contributed by atoms with E-state index >= 15 is 0 Å². The van der Waals surface area contributed by atoms with Crippen LogP contribution < -0.4 is 10.9 Å². The van der Waals surface area contributed by atoms with E-state index in [4.69, 9.17) is 0 Å². The molecule has 5 nitrogen and oxygen atoms in total. The van der Waals surface area contributed by atoms with Crippen molar-refractivity contribution in [2.24, 2.45) is 0 Å². The summed E-state index contributed by atoms with van der Waals surface area (Å²) in [5.41, 5.74) is 4.72. The molecule has 1 aliphatic rings. The van der Waals surface area contributed by atoms with Gasteiger partial charge in [-0.15, -0.1) is 0 Å². The smallest absolute Gasteiger partial charge is 0.257 e. The molecule has 0 spiro atoms. The van der Waals surface area contributed by atoms with Crippen LogP contribution in [-0.4, -0.2) is 15.9 Å². The van der Waals surface area contributed by atoms with Crippen molar-refractivity contribution in [3.63, 3.8) is 0 Å². The SMILES string of the molecule is Cc1ccc(C2CC(=O)Nc3nc(SCc4ccccc4)[nH]c(=O)c32)c(C)c1. The van der Waals surface area contributed by atoms with Crippen LogP contribution in [0.3, 0.4) is 0 Å². The number of hydrogen-bond donors (Lipinski definition) is 2. The molecular formula is C22H21N3O2S. The van der Waals surface area contributed by atoms with Gasteiger partial charge in [-0.2, -0.15) is 0 Å². The highest BCUT2D eigenvalue weighted by Crippen LogP contribution is 2.36. The molecule has 0 bridgehead atoms. The van der Waals surface area contributed by atoms with Gasteiger partial charge in [0.2, 0.25) is 5.91 Å². The van der Waals surface area contributed by atoms with Gasteiger partial charge in [-0.25, -0.2) is 4.98 Å². The fraction of sp³-hybridized carbons (Fsp3) is 0.227. The van der Waals surface area contributed by atoms with Crippen LogP contribution >= 0.6 is 11.8 Å². The molecule has 1 aliphatic heterocycles. The molecule has 0 aliphatic carbocycles. The highest BCUT2D eigenvalue weighted by Gasteiger charge is 2.31. The number of aromatic nitrogens is 2. The summed E-state index contributed by atoms with van der Waals surface area (Å²) in [6.07, 6.45) is 0.248. The van der Waals surface area contributed by atoms with Crippen LogP contribution in [0.25, 0.3) is 0 Å². The Hall–Kier alpha value is -2.86. The summed E-state index contributed by atoms with van der Waals surface area (Å²) in [5.74, 6) is 0.667. The quantitative estimate of drug-likeness (QED) is 0.517. The lowest BCUT2D eigenvalue weighted by Crippen LogP contribution is -2.31. The number of carbonyl (C=O) groups excluding carboxylic acids is 1. The Labute approximate surface area is 167 Å². The zero-order chi connectivity index (χ0) is 19.7. The third-order valence-electron chi connectivity index (χ3n) is 4.95. The van der Waals surface area contributed by atoms with E-state index in [1.807, 2.05) is 56.3 Å². The first-order chi connectivity index (χ1) is 13.5. The van der Waals surface area contributed by atoms with E-state index in [1.54, 1.807) is 0 Å². The average Bonchev–Trinajstić information content (AvgIpc) is 2.66. The summed E-state index contributed by atoms with van der Waals surface area (Å²) in [6, 6.07) is 16.1. The standard InChI is InChI=1S/C22H21N3O2S/c1-13-8-9-16(14(2)10-13)17-11-18(26)23-20-19(17)21(27)25-22(24-20)28-12-15-6-4-3-5-7-15/h3-10,17H,11-12H2,1-2H3,(H2,23,24,25,26,27). The van der Waals surface area contributed by atoms with Crippen molar-refractivity contribution in [2.75, 3.05) is 5.32 Å². The van der Waals surface area contributed by atoms with Gasteiger partial charge < -0.3 is 10.3 Å². The Kier molecular flexibility index (Phi) is 5.05. The second-order valence-electron chi connectivity index (χ2n) is 7.07. The molecule has 2 aromatic carbocycles. The fourth-order valence-corrected chi connectivity index (χ4v) is 4.44. The van der Waals surface area contributed by atoms with Crippen molar-refractivity contribution in [1.82, 2.24) is 9.97 Å². The number of carbonyl (C=O) groups is 1. The topological polar surface area (TPSA) is 74.8 Å². The predicted molar refractivity (Wildman–Crippen MR) is 112 cm³/mol. The van der Waals surface area contributed by atoms with Crippen molar-refractivity contribution >= 4 is 23.5 Å². The van der Waals surface area contributed by atoms with Crippen LogP contribution in [0.2, 0.25) is 0 Å². The summed E-state index contributed by atoms with van der Waals surface area (Å²) < 4.78 is 0. The summed E-state index contributed by atoms with van der Waals surface area (Å²) >= 11 is 1.45. The zero-order valence-electron chi connectivity index (χ0n) is 15.8. The van der Waals surface area contributed by atoms with Crippen molar-refractivity contribution < 1.29 is 4.79 Å². The van der Waals surface area contributed by atoms with Crippen molar-refractivity contribution in [1.29, 1.82) is 0 Å². The number of thioether (sulfide) groups is 1. The number of nitrogens with one attached hydrogen (secondary N) is 2. The van der Waals surface area contributed by atoms with Gasteiger partial charge in [-0.3, -0.25) is 9.59 Å². The van der Waals surface area contributed by atoms with Crippen LogP contribution in [0.1, 0.15) is 40.2 Å². The molecule has 0 radical (unpaired) electrons. The molecule has 0 fully saturated rings. The predicted octanol–water partition coefficient (Wildman–Crippen LogP) is 4.15. The van der Waals surface area contributed by atoms with Crippen LogP contribution in [0.4, 0.5) is 5.82 Å².